The van der Waals surface area contributed by atoms with Crippen molar-refractivity contribution in [1.82, 2.24) is 5.32 Å². The summed E-state index contributed by atoms with van der Waals surface area (Å²) in [5.41, 5.74) is 10.7. The Balaban J connectivity index is 1.60. The first kappa shape index (κ1) is 31.5. The molecule has 3 N–H and O–H groups in total. The number of hydrogen-bond acceptors (Lipinski definition) is 7. The van der Waals surface area contributed by atoms with Gasteiger partial charge in [-0.1, -0.05) is 63.5 Å². The zero-order chi connectivity index (χ0) is 30.9. The third kappa shape index (κ3) is 7.25. The molecule has 1 aliphatic heterocycles. The lowest BCUT2D eigenvalue weighted by Crippen LogP contribution is -2.53. The normalized spacial score (nSPS) is 22.8. The highest BCUT2D eigenvalue weighted by molar-refractivity contribution is 9.10. The molecule has 1 fully saturated rings. The first-order valence-electron chi connectivity index (χ1n) is 14.8. The average Bonchev–Trinajstić information content (AvgIpc) is 3.43. The Labute approximate surface area is 264 Å². The monoisotopic (exact) mass is 661 g/mol. The van der Waals surface area contributed by atoms with Gasteiger partial charge < -0.3 is 25.0 Å². The Kier molecular flexibility index (Phi) is 10.6. The maximum atomic E-state index is 14.6. The van der Waals surface area contributed by atoms with Crippen LogP contribution in [-0.2, 0) is 22.5 Å². The van der Waals surface area contributed by atoms with E-state index in [1.54, 1.807) is 0 Å². The fourth-order valence-corrected chi connectivity index (χ4v) is 6.19. The number of aliphatic hydroxyl groups excluding tert-OH is 2. The van der Waals surface area contributed by atoms with Gasteiger partial charge >= 0.3 is 0 Å². The maximum Gasteiger partial charge on any atom is 0.252 e. The lowest BCUT2D eigenvalue weighted by atomic mass is 9.80. The molecule has 3 aromatic carbocycles. The smallest absolute Gasteiger partial charge is 0.252 e. The fraction of sp³-hybridized carbons (Fsp3) is 0.394. The molecule has 11 heteroatoms. The van der Waals surface area contributed by atoms with Crippen LogP contribution in [0.3, 0.4) is 0 Å². The van der Waals surface area contributed by atoms with Crippen molar-refractivity contribution in [3.05, 3.63) is 110 Å². The lowest BCUT2D eigenvalue weighted by molar-refractivity contribution is -0.130. The van der Waals surface area contributed by atoms with E-state index in [2.05, 4.69) is 31.3 Å². The molecule has 1 heterocycles. The number of carbonyl (C=O) groups excluding carboxylic acids is 1. The van der Waals surface area contributed by atoms with Crippen LogP contribution in [0.5, 0.6) is 5.75 Å². The van der Waals surface area contributed by atoms with Crippen molar-refractivity contribution in [2.75, 3.05) is 13.2 Å². The fourth-order valence-electron chi connectivity index (χ4n) is 5.76. The molecular weight excluding hydrogens is 626 g/mol. The van der Waals surface area contributed by atoms with Gasteiger partial charge in [0.2, 0.25) is 5.90 Å². The molecule has 1 saturated carbocycles. The summed E-state index contributed by atoms with van der Waals surface area (Å²) in [5.74, 6) is 0.697. The van der Waals surface area contributed by atoms with Crippen molar-refractivity contribution in [2.24, 2.45) is 10.1 Å². The molecule has 0 saturated heterocycles. The van der Waals surface area contributed by atoms with Crippen molar-refractivity contribution >= 4 is 27.7 Å². The van der Waals surface area contributed by atoms with Gasteiger partial charge in [-0.05, 0) is 78.2 Å². The number of amides is 1. The number of halogens is 1. The van der Waals surface area contributed by atoms with Crippen LogP contribution < -0.4 is 10.1 Å². The molecule has 0 spiro atoms. The zero-order valence-corrected chi connectivity index (χ0v) is 25.9. The van der Waals surface area contributed by atoms with Crippen molar-refractivity contribution in [3.63, 3.8) is 0 Å². The highest BCUT2D eigenvalue weighted by Crippen LogP contribution is 2.44. The number of rotatable bonds is 12. The van der Waals surface area contributed by atoms with E-state index in [4.69, 9.17) is 25.1 Å². The Morgan fingerprint density at radius 1 is 1.07 bits per heavy atom. The van der Waals surface area contributed by atoms with E-state index in [9.17, 15) is 9.90 Å². The molecule has 2 atom stereocenters. The Bertz CT molecular complexity index is 1520. The van der Waals surface area contributed by atoms with E-state index in [-0.39, 0.29) is 37.6 Å². The lowest BCUT2D eigenvalue weighted by Gasteiger charge is -2.34. The molecule has 2 aliphatic rings. The zero-order valence-electron chi connectivity index (χ0n) is 24.3. The number of nitrogens with one attached hydrogen (secondary N) is 1. The van der Waals surface area contributed by atoms with Gasteiger partial charge in [0.25, 0.3) is 5.91 Å². The quantitative estimate of drug-likeness (QED) is 0.0950. The summed E-state index contributed by atoms with van der Waals surface area (Å²) in [6, 6.07) is 22.4. The van der Waals surface area contributed by atoms with Gasteiger partial charge in [0.05, 0.1) is 19.3 Å². The third-order valence-corrected chi connectivity index (χ3v) is 8.90. The van der Waals surface area contributed by atoms with E-state index < -0.39 is 11.6 Å². The van der Waals surface area contributed by atoms with Crippen molar-refractivity contribution < 1.29 is 24.5 Å². The molecule has 0 aromatic heterocycles. The number of hydrogen-bond donors (Lipinski definition) is 3. The molecule has 0 radical (unpaired) electrons. The van der Waals surface area contributed by atoms with Gasteiger partial charge in [-0.3, -0.25) is 4.79 Å². The Hall–Kier alpha value is -3.89. The van der Waals surface area contributed by atoms with E-state index >= 15 is 0 Å². The molecule has 1 aliphatic carbocycles. The number of nitrogens with zero attached hydrogens (tertiary/aromatic N) is 4. The molecule has 1 amide bonds. The second-order valence-electron chi connectivity index (χ2n) is 11.1. The Morgan fingerprint density at radius 2 is 1.77 bits per heavy atom. The number of ether oxygens (including phenoxy) is 2. The highest BCUT2D eigenvalue weighted by Gasteiger charge is 2.54. The molecular formula is C33H36BrN5O5. The summed E-state index contributed by atoms with van der Waals surface area (Å²) in [6.45, 7) is 0.536. The van der Waals surface area contributed by atoms with Crippen molar-refractivity contribution in [2.45, 2.75) is 68.9 Å². The summed E-state index contributed by atoms with van der Waals surface area (Å²) in [5, 5.41) is 26.2. The summed E-state index contributed by atoms with van der Waals surface area (Å²) in [4.78, 5) is 22.7. The van der Waals surface area contributed by atoms with Gasteiger partial charge in [-0.2, -0.15) is 0 Å². The largest absolute Gasteiger partial charge is 0.494 e. The summed E-state index contributed by atoms with van der Waals surface area (Å²) >= 11 is 3.67. The van der Waals surface area contributed by atoms with E-state index in [1.807, 2.05) is 72.8 Å². The van der Waals surface area contributed by atoms with Crippen molar-refractivity contribution in [3.8, 4) is 5.75 Å². The topological polar surface area (TPSA) is 149 Å². The van der Waals surface area contributed by atoms with Crippen LogP contribution in [-0.4, -0.2) is 52.9 Å². The number of azide groups is 1. The molecule has 0 unspecified atom stereocenters. The van der Waals surface area contributed by atoms with E-state index in [0.717, 1.165) is 15.6 Å². The predicted octanol–water partition coefficient (Wildman–Crippen LogP) is 5.94. The number of benzene rings is 3. The molecule has 0 bridgehead atoms. The van der Waals surface area contributed by atoms with Crippen LogP contribution in [0.15, 0.2) is 87.4 Å². The van der Waals surface area contributed by atoms with Crippen LogP contribution in [0.4, 0.5) is 0 Å². The predicted molar refractivity (Wildman–Crippen MR) is 170 cm³/mol. The second-order valence-corrected chi connectivity index (χ2v) is 12.0. The van der Waals surface area contributed by atoms with Gasteiger partial charge in [0, 0.05) is 40.4 Å². The average molecular weight is 663 g/mol. The first-order valence-corrected chi connectivity index (χ1v) is 15.6. The van der Waals surface area contributed by atoms with Crippen LogP contribution in [0.25, 0.3) is 10.4 Å². The molecule has 10 nitrogen and oxygen atoms in total. The molecule has 230 valence electrons. The standard InChI is InChI=1S/C33H36BrN5O5/c34-29-9-4-2-6-23(29)20-33(32(42)37-25-12-14-26(41)15-13-25)30(28-8-3-1-7-24(28)21-36-39-35)44-31(38-33)22-10-16-27(17-11-22)43-19-5-18-40/h1-4,6-11,16-17,25-26,30,40-41H,5,12-15,18-21H2,(H,37,42)/t25?,26?,30-,33-/m1/s1. The molecule has 3 aromatic rings. The van der Waals surface area contributed by atoms with Crippen LogP contribution in [0.2, 0.25) is 0 Å². The molecule has 5 rings (SSSR count). The van der Waals surface area contributed by atoms with E-state index in [1.165, 1.54) is 0 Å². The number of aliphatic hydroxyl groups is 2. The Morgan fingerprint density at radius 3 is 2.48 bits per heavy atom. The minimum atomic E-state index is -1.40. The SMILES string of the molecule is [N-]=[N+]=NCc1ccccc1[C@H]1OC(c2ccc(OCCCO)cc2)=N[C@@]1(Cc1ccccc1Br)C(=O)NC1CCC(O)CC1. The first-order chi connectivity index (χ1) is 21.4. The minimum Gasteiger partial charge on any atom is -0.494 e. The molecule has 44 heavy (non-hydrogen) atoms. The number of carbonyl (C=O) groups is 1. The van der Waals surface area contributed by atoms with Crippen molar-refractivity contribution in [1.29, 1.82) is 0 Å². The summed E-state index contributed by atoms with van der Waals surface area (Å²) in [7, 11) is 0. The maximum absolute atomic E-state index is 14.6. The van der Waals surface area contributed by atoms with Crippen LogP contribution >= 0.6 is 15.9 Å². The van der Waals surface area contributed by atoms with E-state index in [0.29, 0.717) is 61.5 Å². The minimum absolute atomic E-state index is 0.0500. The summed E-state index contributed by atoms with van der Waals surface area (Å²) in [6.07, 6.45) is 2.17. The third-order valence-electron chi connectivity index (χ3n) is 8.12. The van der Waals surface area contributed by atoms with Gasteiger partial charge in [-0.15, -0.1) is 0 Å². The highest BCUT2D eigenvalue weighted by atomic mass is 79.9. The van der Waals surface area contributed by atoms with Gasteiger partial charge in [0.15, 0.2) is 11.6 Å². The van der Waals surface area contributed by atoms with Gasteiger partial charge in [-0.25, -0.2) is 4.99 Å². The van der Waals surface area contributed by atoms with Gasteiger partial charge in [0.1, 0.15) is 5.75 Å². The summed E-state index contributed by atoms with van der Waals surface area (Å²) < 4.78 is 13.2. The van der Waals surface area contributed by atoms with Crippen LogP contribution in [0.1, 0.15) is 60.5 Å². The second kappa shape index (κ2) is 14.7. The number of aliphatic imine (C=N–C) groups is 1. The van der Waals surface area contributed by atoms with Crippen LogP contribution in [0, 0.1) is 0 Å².